The van der Waals surface area contributed by atoms with Gasteiger partial charge < -0.3 is 15.1 Å². The quantitative estimate of drug-likeness (QED) is 0.758. The Morgan fingerprint density at radius 1 is 1.18 bits per heavy atom. The van der Waals surface area contributed by atoms with E-state index in [-0.39, 0.29) is 23.6 Å². The second-order valence-corrected chi connectivity index (χ2v) is 9.54. The Labute approximate surface area is 171 Å². The number of likely N-dealkylation sites (tertiary alicyclic amines) is 2. The van der Waals surface area contributed by atoms with Crippen LogP contribution in [0.25, 0.3) is 0 Å². The number of phenols is 1. The normalized spacial score (nSPS) is 35.1. The second kappa shape index (κ2) is 6.61. The van der Waals surface area contributed by atoms with Gasteiger partial charge in [0.25, 0.3) is 0 Å². The average molecular weight is 405 g/mol. The number of amides is 1. The van der Waals surface area contributed by atoms with Gasteiger partial charge in [0, 0.05) is 31.1 Å². The van der Waals surface area contributed by atoms with E-state index in [0.29, 0.717) is 19.5 Å². The van der Waals surface area contributed by atoms with Gasteiger partial charge in [-0.1, -0.05) is 6.07 Å². The minimum Gasteiger partial charge on any atom is -0.508 e. The lowest BCUT2D eigenvalue weighted by Gasteiger charge is -2.61. The summed E-state index contributed by atoms with van der Waals surface area (Å²) in [5.41, 5.74) is 1.04. The van der Waals surface area contributed by atoms with Crippen molar-refractivity contribution in [1.29, 1.82) is 0 Å². The Hall–Kier alpha value is -1.30. The van der Waals surface area contributed by atoms with Crippen LogP contribution in [0.3, 0.4) is 0 Å². The first-order chi connectivity index (χ1) is 13.5. The van der Waals surface area contributed by atoms with Crippen LogP contribution in [0.1, 0.15) is 43.2 Å². The van der Waals surface area contributed by atoms with Crippen molar-refractivity contribution in [2.45, 2.75) is 55.6 Å². The summed E-state index contributed by atoms with van der Waals surface area (Å²) in [5.74, 6) is 0.963. The summed E-state index contributed by atoms with van der Waals surface area (Å²) >= 11 is 5.83. The first-order valence-electron chi connectivity index (χ1n) is 10.6. The molecule has 3 atom stereocenters. The summed E-state index contributed by atoms with van der Waals surface area (Å²) in [6, 6.07) is 5.74. The molecule has 0 aromatic heterocycles. The third kappa shape index (κ3) is 2.70. The molecule has 5 rings (SSSR count). The molecule has 1 aromatic carbocycles. The number of fused-ring (bicyclic) bond motifs is 1. The van der Waals surface area contributed by atoms with Crippen molar-refractivity contribution in [3.8, 4) is 5.75 Å². The van der Waals surface area contributed by atoms with E-state index in [1.807, 2.05) is 17.0 Å². The van der Waals surface area contributed by atoms with Crippen LogP contribution >= 0.6 is 11.6 Å². The predicted molar refractivity (Wildman–Crippen MR) is 108 cm³/mol. The van der Waals surface area contributed by atoms with Crippen LogP contribution in [0, 0.1) is 5.92 Å². The molecule has 0 spiro atoms. The molecule has 2 saturated heterocycles. The molecule has 2 bridgehead atoms. The molecule has 2 aliphatic carbocycles. The molecule has 28 heavy (non-hydrogen) atoms. The molecule has 1 saturated carbocycles. The summed E-state index contributed by atoms with van der Waals surface area (Å²) in [5, 5.41) is 22.5. The van der Waals surface area contributed by atoms with Crippen LogP contribution in [0.2, 0.25) is 0 Å². The van der Waals surface area contributed by atoms with Crippen LogP contribution in [0.15, 0.2) is 18.2 Å². The number of phenolic OH excluding ortho intramolecular Hbond substituents is 1. The molecule has 3 fully saturated rings. The van der Waals surface area contributed by atoms with Crippen molar-refractivity contribution >= 4 is 17.5 Å². The number of aromatic hydroxyl groups is 1. The molecule has 1 amide bonds. The van der Waals surface area contributed by atoms with Crippen molar-refractivity contribution in [3.05, 3.63) is 29.3 Å². The summed E-state index contributed by atoms with van der Waals surface area (Å²) in [7, 11) is 0. The highest BCUT2D eigenvalue weighted by atomic mass is 35.5. The van der Waals surface area contributed by atoms with E-state index < -0.39 is 11.0 Å². The van der Waals surface area contributed by atoms with E-state index in [1.165, 1.54) is 18.4 Å². The van der Waals surface area contributed by atoms with Gasteiger partial charge in [-0.2, -0.15) is 0 Å². The average Bonchev–Trinajstić information content (AvgIpc) is 3.50. The van der Waals surface area contributed by atoms with Gasteiger partial charge in [-0.15, -0.1) is 11.6 Å². The van der Waals surface area contributed by atoms with Crippen LogP contribution in [-0.4, -0.2) is 69.6 Å². The Balaban J connectivity index is 1.59. The fourth-order valence-electron chi connectivity index (χ4n) is 6.20. The number of alkyl halides is 1. The molecular formula is C22H29ClN2O3. The molecule has 4 aliphatic rings. The highest BCUT2D eigenvalue weighted by Crippen LogP contribution is 2.56. The fourth-order valence-corrected chi connectivity index (χ4v) is 6.37. The number of benzene rings is 1. The van der Waals surface area contributed by atoms with Gasteiger partial charge in [-0.3, -0.25) is 9.69 Å². The molecule has 1 aromatic rings. The predicted octanol–water partition coefficient (Wildman–Crippen LogP) is 2.26. The number of hydrogen-bond acceptors (Lipinski definition) is 4. The highest BCUT2D eigenvalue weighted by molar-refractivity contribution is 6.27. The maximum atomic E-state index is 12.3. The van der Waals surface area contributed by atoms with Crippen molar-refractivity contribution < 1.29 is 15.0 Å². The number of aliphatic hydroxyl groups is 1. The number of carbonyl (C=O) groups excluding carboxylic acids is 1. The zero-order valence-electron chi connectivity index (χ0n) is 16.2. The molecular weight excluding hydrogens is 376 g/mol. The standard InChI is InChI=1S/C22H29ClN2O3/c23-13-20(27)24-8-5-21-6-9-25(14-15-1-2-15)19(22(21,28)7-10-24)11-16-3-4-17(26)12-18(16)21/h3-4,12,15,19,26,28H,1-2,5-11,13-14H2/t19-,21+,22-/m1/s1. The Kier molecular flexibility index (Phi) is 4.42. The molecule has 6 heteroatoms. The number of hydrogen-bond donors (Lipinski definition) is 2. The Morgan fingerprint density at radius 2 is 1.93 bits per heavy atom. The lowest BCUT2D eigenvalue weighted by molar-refractivity contribution is -0.149. The zero-order valence-corrected chi connectivity index (χ0v) is 17.0. The van der Waals surface area contributed by atoms with Gasteiger partial charge in [0.05, 0.1) is 5.60 Å². The summed E-state index contributed by atoms with van der Waals surface area (Å²) in [6.45, 7) is 3.20. The molecule has 152 valence electrons. The van der Waals surface area contributed by atoms with Crippen molar-refractivity contribution in [3.63, 3.8) is 0 Å². The van der Waals surface area contributed by atoms with Crippen LogP contribution in [0.5, 0.6) is 5.75 Å². The van der Waals surface area contributed by atoms with Crippen molar-refractivity contribution in [1.82, 2.24) is 9.80 Å². The fraction of sp³-hybridized carbons (Fsp3) is 0.682. The molecule has 5 nitrogen and oxygen atoms in total. The van der Waals surface area contributed by atoms with E-state index in [2.05, 4.69) is 4.90 Å². The summed E-state index contributed by atoms with van der Waals surface area (Å²) < 4.78 is 0. The highest BCUT2D eigenvalue weighted by Gasteiger charge is 2.63. The molecule has 2 N–H and O–H groups in total. The summed E-state index contributed by atoms with van der Waals surface area (Å²) in [4.78, 5) is 16.6. The zero-order chi connectivity index (χ0) is 19.5. The molecule has 2 heterocycles. The lowest BCUT2D eigenvalue weighted by Crippen LogP contribution is -2.71. The summed E-state index contributed by atoms with van der Waals surface area (Å²) in [6.07, 6.45) is 5.56. The topological polar surface area (TPSA) is 64.0 Å². The smallest absolute Gasteiger partial charge is 0.237 e. The molecule has 0 radical (unpaired) electrons. The monoisotopic (exact) mass is 404 g/mol. The van der Waals surface area contributed by atoms with Crippen LogP contribution in [0.4, 0.5) is 0 Å². The van der Waals surface area contributed by atoms with Gasteiger partial charge >= 0.3 is 0 Å². The van der Waals surface area contributed by atoms with Gasteiger partial charge in [-0.05, 0) is 74.2 Å². The largest absolute Gasteiger partial charge is 0.508 e. The van der Waals surface area contributed by atoms with Gasteiger partial charge in [0.1, 0.15) is 11.6 Å². The Morgan fingerprint density at radius 3 is 2.68 bits per heavy atom. The number of rotatable bonds is 3. The van der Waals surface area contributed by atoms with Crippen molar-refractivity contribution in [2.24, 2.45) is 5.92 Å². The first-order valence-corrected chi connectivity index (χ1v) is 11.1. The third-order valence-corrected chi connectivity index (χ3v) is 8.13. The van der Waals surface area contributed by atoms with E-state index in [4.69, 9.17) is 11.6 Å². The number of halogens is 1. The van der Waals surface area contributed by atoms with E-state index in [1.54, 1.807) is 6.07 Å². The van der Waals surface area contributed by atoms with Crippen LogP contribution in [-0.2, 0) is 16.6 Å². The minimum atomic E-state index is -0.887. The van der Waals surface area contributed by atoms with E-state index in [0.717, 1.165) is 43.8 Å². The number of nitrogens with zero attached hydrogens (tertiary/aromatic N) is 2. The van der Waals surface area contributed by atoms with Crippen molar-refractivity contribution in [2.75, 3.05) is 32.1 Å². The maximum Gasteiger partial charge on any atom is 0.237 e. The van der Waals surface area contributed by atoms with Gasteiger partial charge in [-0.25, -0.2) is 0 Å². The third-order valence-electron chi connectivity index (χ3n) is 7.90. The first kappa shape index (κ1) is 18.7. The minimum absolute atomic E-state index is 0.0139. The Bertz CT molecular complexity index is 798. The second-order valence-electron chi connectivity index (χ2n) is 9.27. The van der Waals surface area contributed by atoms with E-state index in [9.17, 15) is 15.0 Å². The van der Waals surface area contributed by atoms with E-state index >= 15 is 0 Å². The van der Waals surface area contributed by atoms with Gasteiger partial charge in [0.15, 0.2) is 0 Å². The maximum absolute atomic E-state index is 12.3. The number of carbonyl (C=O) groups is 1. The molecule has 0 unspecified atom stereocenters. The van der Waals surface area contributed by atoms with Crippen LogP contribution < -0.4 is 0 Å². The lowest BCUT2D eigenvalue weighted by atomic mass is 9.52. The molecule has 2 aliphatic heterocycles. The number of piperidine rings is 1. The van der Waals surface area contributed by atoms with Gasteiger partial charge in [0.2, 0.25) is 5.91 Å². The SMILES string of the molecule is O=C(CCl)N1CC[C@]23CCN(CC4CC4)[C@H](Cc4ccc(O)cc42)[C@]3(O)CC1.